The molecular formula is C15H16IN5. The van der Waals surface area contributed by atoms with E-state index < -0.39 is 0 Å². The molecule has 0 amide bonds. The van der Waals surface area contributed by atoms with Crippen LogP contribution < -0.4 is 11.2 Å². The van der Waals surface area contributed by atoms with Gasteiger partial charge in [-0.25, -0.2) is 5.43 Å². The number of hydrazone groups is 1. The molecule has 0 aliphatic heterocycles. The Bertz CT molecular complexity index is 608. The van der Waals surface area contributed by atoms with Gasteiger partial charge in [-0.3, -0.25) is 0 Å². The van der Waals surface area contributed by atoms with Gasteiger partial charge in [-0.1, -0.05) is 60.7 Å². The molecule has 6 heteroatoms. The van der Waals surface area contributed by atoms with Gasteiger partial charge in [-0.05, 0) is 11.1 Å². The van der Waals surface area contributed by atoms with Gasteiger partial charge in [0.2, 0.25) is 5.96 Å². The maximum absolute atomic E-state index is 5.61. The predicted molar refractivity (Wildman–Crippen MR) is 98.2 cm³/mol. The van der Waals surface area contributed by atoms with Crippen molar-refractivity contribution in [3.05, 3.63) is 71.8 Å². The fourth-order valence-corrected chi connectivity index (χ4v) is 1.43. The van der Waals surface area contributed by atoms with Crippen LogP contribution in [0.15, 0.2) is 76.0 Å². The summed E-state index contributed by atoms with van der Waals surface area (Å²) in [4.78, 5) is 0. The van der Waals surface area contributed by atoms with Crippen LogP contribution in [0.1, 0.15) is 11.1 Å². The molecule has 0 bridgehead atoms. The third-order valence-corrected chi connectivity index (χ3v) is 2.36. The minimum atomic E-state index is 0. The summed E-state index contributed by atoms with van der Waals surface area (Å²) in [6, 6.07) is 19.3. The van der Waals surface area contributed by atoms with Crippen molar-refractivity contribution in [3.63, 3.8) is 0 Å². The van der Waals surface area contributed by atoms with E-state index in [1.54, 1.807) is 12.4 Å². The average Bonchev–Trinajstić information content (AvgIpc) is 2.49. The van der Waals surface area contributed by atoms with Gasteiger partial charge in [0, 0.05) is 0 Å². The van der Waals surface area contributed by atoms with Crippen LogP contribution in [0.4, 0.5) is 0 Å². The van der Waals surface area contributed by atoms with Crippen LogP contribution in [0.25, 0.3) is 0 Å². The molecule has 0 saturated carbocycles. The lowest BCUT2D eigenvalue weighted by Gasteiger charge is -1.96. The lowest BCUT2D eigenvalue weighted by Crippen LogP contribution is -2.26. The summed E-state index contributed by atoms with van der Waals surface area (Å²) >= 11 is 0. The minimum Gasteiger partial charge on any atom is -0.367 e. The number of benzene rings is 2. The van der Waals surface area contributed by atoms with Gasteiger partial charge in [0.15, 0.2) is 0 Å². The fourth-order valence-electron chi connectivity index (χ4n) is 1.43. The van der Waals surface area contributed by atoms with E-state index in [4.69, 9.17) is 5.73 Å². The van der Waals surface area contributed by atoms with E-state index in [1.807, 2.05) is 60.7 Å². The van der Waals surface area contributed by atoms with Gasteiger partial charge >= 0.3 is 0 Å². The van der Waals surface area contributed by atoms with Crippen molar-refractivity contribution in [2.24, 2.45) is 21.0 Å². The number of nitrogens with one attached hydrogen (secondary N) is 1. The summed E-state index contributed by atoms with van der Waals surface area (Å²) in [7, 11) is 0. The minimum absolute atomic E-state index is 0. The first-order chi connectivity index (χ1) is 9.84. The third-order valence-electron chi connectivity index (χ3n) is 2.36. The first kappa shape index (κ1) is 16.8. The zero-order chi connectivity index (χ0) is 14.0. The predicted octanol–water partition coefficient (Wildman–Crippen LogP) is 2.58. The van der Waals surface area contributed by atoms with Crippen molar-refractivity contribution >= 4 is 42.4 Å². The van der Waals surface area contributed by atoms with Crippen molar-refractivity contribution in [2.75, 3.05) is 0 Å². The van der Waals surface area contributed by atoms with Crippen LogP contribution in [0.2, 0.25) is 0 Å². The summed E-state index contributed by atoms with van der Waals surface area (Å²) in [5.41, 5.74) is 10.1. The Morgan fingerprint density at radius 1 is 0.857 bits per heavy atom. The maximum Gasteiger partial charge on any atom is 0.234 e. The zero-order valence-corrected chi connectivity index (χ0v) is 13.6. The molecule has 21 heavy (non-hydrogen) atoms. The number of hydrogen-bond acceptors (Lipinski definition) is 3. The topological polar surface area (TPSA) is 75.1 Å². The normalized spacial score (nSPS) is 11.5. The summed E-state index contributed by atoms with van der Waals surface area (Å²) in [5, 5.41) is 11.6. The lowest BCUT2D eigenvalue weighted by molar-refractivity contribution is 0.994. The maximum atomic E-state index is 5.61. The second-order valence-corrected chi connectivity index (χ2v) is 3.92. The molecule has 0 fully saturated rings. The van der Waals surface area contributed by atoms with Crippen molar-refractivity contribution in [3.8, 4) is 0 Å². The molecule has 0 saturated heterocycles. The van der Waals surface area contributed by atoms with Crippen LogP contribution in [-0.2, 0) is 0 Å². The number of halogens is 1. The molecule has 2 rings (SSSR count). The number of rotatable bonds is 4. The van der Waals surface area contributed by atoms with Gasteiger partial charge in [0.05, 0.1) is 12.4 Å². The van der Waals surface area contributed by atoms with Crippen LogP contribution in [0.3, 0.4) is 0 Å². The van der Waals surface area contributed by atoms with Crippen LogP contribution in [0.5, 0.6) is 0 Å². The molecule has 0 aliphatic rings. The average molecular weight is 393 g/mol. The number of nitrogens with zero attached hydrogens (tertiary/aromatic N) is 3. The molecule has 2 aromatic rings. The van der Waals surface area contributed by atoms with Crippen molar-refractivity contribution in [1.29, 1.82) is 0 Å². The highest BCUT2D eigenvalue weighted by atomic mass is 127. The van der Waals surface area contributed by atoms with E-state index >= 15 is 0 Å². The SMILES string of the molecule is I.NC(=NN=Cc1ccccc1)NN=Cc1ccccc1. The fraction of sp³-hybridized carbons (Fsp3) is 0. The largest absolute Gasteiger partial charge is 0.367 e. The summed E-state index contributed by atoms with van der Waals surface area (Å²) in [6.45, 7) is 0. The Morgan fingerprint density at radius 2 is 1.38 bits per heavy atom. The molecule has 0 radical (unpaired) electrons. The van der Waals surface area contributed by atoms with Crippen LogP contribution in [0, 0.1) is 0 Å². The molecule has 2 aromatic carbocycles. The Kier molecular flexibility index (Phi) is 7.73. The van der Waals surface area contributed by atoms with Gasteiger partial charge < -0.3 is 5.73 Å². The second-order valence-electron chi connectivity index (χ2n) is 3.92. The standard InChI is InChI=1S/C15H15N5.HI/c16-15(19-17-11-13-7-3-1-4-8-13)20-18-12-14-9-5-2-6-10-14;/h1-12H,(H3,16,19,20);1H. The first-order valence-electron chi connectivity index (χ1n) is 6.10. The highest BCUT2D eigenvalue weighted by Crippen LogP contribution is 1.94. The van der Waals surface area contributed by atoms with Gasteiger partial charge in [0.25, 0.3) is 0 Å². The number of guanidine groups is 1. The Hall–Kier alpha value is -2.22. The molecule has 0 aromatic heterocycles. The molecule has 0 spiro atoms. The van der Waals surface area contributed by atoms with Gasteiger partial charge in [-0.15, -0.1) is 29.1 Å². The zero-order valence-electron chi connectivity index (χ0n) is 11.3. The molecule has 5 nitrogen and oxygen atoms in total. The second kappa shape index (κ2) is 9.65. The summed E-state index contributed by atoms with van der Waals surface area (Å²) in [6.07, 6.45) is 3.28. The molecule has 0 aliphatic carbocycles. The molecule has 0 unspecified atom stereocenters. The Balaban J connectivity index is 0.00000220. The van der Waals surface area contributed by atoms with Crippen molar-refractivity contribution in [1.82, 2.24) is 5.43 Å². The van der Waals surface area contributed by atoms with Gasteiger partial charge in [0.1, 0.15) is 0 Å². The first-order valence-corrected chi connectivity index (χ1v) is 6.10. The van der Waals surface area contributed by atoms with E-state index in [9.17, 15) is 0 Å². The van der Waals surface area contributed by atoms with E-state index in [2.05, 4.69) is 20.7 Å². The van der Waals surface area contributed by atoms with Gasteiger partial charge in [-0.2, -0.15) is 10.2 Å². The van der Waals surface area contributed by atoms with Crippen LogP contribution >= 0.6 is 24.0 Å². The monoisotopic (exact) mass is 393 g/mol. The van der Waals surface area contributed by atoms with E-state index in [0.717, 1.165) is 11.1 Å². The summed E-state index contributed by atoms with van der Waals surface area (Å²) in [5.74, 6) is 0.129. The Labute approximate surface area is 140 Å². The molecule has 0 atom stereocenters. The van der Waals surface area contributed by atoms with Crippen molar-refractivity contribution < 1.29 is 0 Å². The highest BCUT2D eigenvalue weighted by molar-refractivity contribution is 14.0. The summed E-state index contributed by atoms with van der Waals surface area (Å²) < 4.78 is 0. The number of nitrogens with two attached hydrogens (primary N) is 1. The van der Waals surface area contributed by atoms with E-state index in [-0.39, 0.29) is 29.9 Å². The van der Waals surface area contributed by atoms with Crippen molar-refractivity contribution in [2.45, 2.75) is 0 Å². The van der Waals surface area contributed by atoms with Crippen LogP contribution in [-0.4, -0.2) is 18.4 Å². The highest BCUT2D eigenvalue weighted by Gasteiger charge is 1.87. The smallest absolute Gasteiger partial charge is 0.234 e. The Morgan fingerprint density at radius 3 is 1.95 bits per heavy atom. The quantitative estimate of drug-likeness (QED) is 0.363. The molecule has 3 N–H and O–H groups in total. The van der Waals surface area contributed by atoms with E-state index in [0.29, 0.717) is 0 Å². The number of hydrogen-bond donors (Lipinski definition) is 2. The molecule has 108 valence electrons. The van der Waals surface area contributed by atoms with E-state index in [1.165, 1.54) is 0 Å². The lowest BCUT2D eigenvalue weighted by atomic mass is 10.2. The molecule has 0 heterocycles. The molecular weight excluding hydrogens is 377 g/mol. The third kappa shape index (κ3) is 6.66.